The average Bonchev–Trinajstić information content (AvgIpc) is 3.58. The molecule has 3 unspecified atom stereocenters. The van der Waals surface area contributed by atoms with Crippen LogP contribution in [0, 0.1) is 5.41 Å². The number of esters is 1. The van der Waals surface area contributed by atoms with Crippen LogP contribution in [0.15, 0.2) is 41.5 Å². The molecule has 6 N–H and O–H groups in total. The van der Waals surface area contributed by atoms with E-state index in [0.29, 0.717) is 6.42 Å². The molecular formula is C31H45N6O10PS. The van der Waals surface area contributed by atoms with Crippen molar-refractivity contribution in [3.8, 4) is 0 Å². The number of anilines is 1. The van der Waals surface area contributed by atoms with Crippen LogP contribution in [0.1, 0.15) is 65.2 Å². The highest BCUT2D eigenvalue weighted by atomic mass is 32.2. The second kappa shape index (κ2) is 16.7. The first-order chi connectivity index (χ1) is 23.2. The number of nitrogens with zero attached hydrogens (tertiary/aromatic N) is 3. The Labute approximate surface area is 288 Å². The van der Waals surface area contributed by atoms with Crippen molar-refractivity contribution in [3.05, 3.63) is 52.6 Å². The molecule has 1 aliphatic heterocycles. The topological polar surface area (TPSA) is 230 Å². The largest absolute Gasteiger partial charge is 0.465 e. The van der Waals surface area contributed by atoms with E-state index in [4.69, 9.17) is 24.3 Å². The van der Waals surface area contributed by atoms with Gasteiger partial charge in [-0.15, -0.1) is 0 Å². The van der Waals surface area contributed by atoms with E-state index < -0.39 is 49.4 Å². The Balaban J connectivity index is 1.38. The number of nitrogens with one attached hydrogen (secondary N) is 2. The number of nitrogen functional groups attached to an aromatic ring is 1. The van der Waals surface area contributed by atoms with Gasteiger partial charge in [0, 0.05) is 18.7 Å². The zero-order valence-corrected chi connectivity index (χ0v) is 29.7. The minimum atomic E-state index is -4.10. The number of nitrogens with two attached hydrogens (primary N) is 1. The summed E-state index contributed by atoms with van der Waals surface area (Å²) in [5, 5.41) is 24.9. The van der Waals surface area contributed by atoms with Crippen molar-refractivity contribution in [2.24, 2.45) is 5.41 Å². The number of imidazole rings is 1. The maximum atomic E-state index is 13.9. The van der Waals surface area contributed by atoms with E-state index in [-0.39, 0.29) is 53.7 Å². The molecule has 4 rings (SSSR count). The Bertz CT molecular complexity index is 1680. The van der Waals surface area contributed by atoms with E-state index in [1.165, 1.54) is 17.8 Å². The fourth-order valence-electron chi connectivity index (χ4n) is 4.89. The van der Waals surface area contributed by atoms with Crippen LogP contribution in [-0.2, 0) is 39.2 Å². The quantitative estimate of drug-likeness (QED) is 0.0721. The summed E-state index contributed by atoms with van der Waals surface area (Å²) in [5.41, 5.74) is 3.02. The van der Waals surface area contributed by atoms with Crippen molar-refractivity contribution in [2.45, 2.75) is 84.0 Å². The molecule has 1 aromatic carbocycles. The van der Waals surface area contributed by atoms with Gasteiger partial charge in [-0.05, 0) is 32.8 Å². The zero-order chi connectivity index (χ0) is 35.8. The number of aliphatic hydroxyl groups is 2. The summed E-state index contributed by atoms with van der Waals surface area (Å²) in [6.07, 6.45) is 0.167. The van der Waals surface area contributed by atoms with Gasteiger partial charge in [0.1, 0.15) is 24.4 Å². The van der Waals surface area contributed by atoms with Crippen molar-refractivity contribution in [3.63, 3.8) is 0 Å². The number of aliphatic hydroxyl groups excluding tert-OH is 1. The lowest BCUT2D eigenvalue weighted by Crippen LogP contribution is -2.46. The lowest BCUT2D eigenvalue weighted by molar-refractivity contribution is -0.147. The first-order valence-corrected chi connectivity index (χ1v) is 18.5. The lowest BCUT2D eigenvalue weighted by atomic mass is 9.95. The van der Waals surface area contributed by atoms with Crippen molar-refractivity contribution in [1.82, 2.24) is 24.6 Å². The molecule has 16 nitrogen and oxygen atoms in total. The average molecular weight is 725 g/mol. The van der Waals surface area contributed by atoms with E-state index in [1.54, 1.807) is 13.8 Å². The number of carbonyl (C=O) groups excluding carboxylic acids is 2. The van der Waals surface area contributed by atoms with Crippen LogP contribution in [0.5, 0.6) is 0 Å². The molecule has 0 radical (unpaired) electrons. The number of fused-ring (bicyclic) bond motifs is 1. The van der Waals surface area contributed by atoms with Gasteiger partial charge in [-0.2, -0.15) is 4.98 Å². The molecule has 0 saturated carbocycles. The van der Waals surface area contributed by atoms with E-state index in [2.05, 4.69) is 20.0 Å². The fraction of sp³-hybridized carbons (Fsp3) is 0.581. The molecular weight excluding hydrogens is 679 g/mol. The van der Waals surface area contributed by atoms with Crippen LogP contribution in [0.3, 0.4) is 0 Å². The number of ether oxygens (including phenoxy) is 2. The third kappa shape index (κ3) is 9.98. The lowest BCUT2D eigenvalue weighted by Gasteiger charge is -2.28. The number of hydrogen-bond donors (Lipinski definition) is 5. The second-order valence-electron chi connectivity index (χ2n) is 12.5. The van der Waals surface area contributed by atoms with Crippen molar-refractivity contribution < 1.29 is 42.9 Å². The van der Waals surface area contributed by atoms with Crippen LogP contribution in [0.2, 0.25) is 0 Å². The summed E-state index contributed by atoms with van der Waals surface area (Å²) in [5.74, 6) is -0.399. The summed E-state index contributed by atoms with van der Waals surface area (Å²) in [4.78, 5) is 47.6. The summed E-state index contributed by atoms with van der Waals surface area (Å²) >= 11 is 0.951. The minimum Gasteiger partial charge on any atom is -0.465 e. The molecule has 5 atom stereocenters. The van der Waals surface area contributed by atoms with Crippen LogP contribution in [0.25, 0.3) is 11.2 Å². The van der Waals surface area contributed by atoms with E-state index in [9.17, 15) is 29.2 Å². The predicted octanol–water partition coefficient (Wildman–Crippen LogP) is 3.05. The summed E-state index contributed by atoms with van der Waals surface area (Å²) in [6.45, 7) is 6.15. The minimum absolute atomic E-state index is 0.0292. The molecule has 3 heterocycles. The smallest absolute Gasteiger partial charge is 0.405 e. The molecule has 1 fully saturated rings. The SMILES string of the molecule is CCCCCC(=O)OCC(C)(C)C(=O)SCCOP(=O)(NCc1ccccc1)OCC1OC(n2cnc3c(=O)[nH]c(N)nc32)[C@H](O)[C@@]1(C)O. The fourth-order valence-corrected chi connectivity index (χ4v) is 7.11. The first kappa shape index (κ1) is 38.6. The van der Waals surface area contributed by atoms with E-state index in [0.717, 1.165) is 36.6 Å². The van der Waals surface area contributed by atoms with Crippen LogP contribution in [-0.4, -0.2) is 84.2 Å². The molecule has 0 spiro atoms. The summed E-state index contributed by atoms with van der Waals surface area (Å²) in [6, 6.07) is 9.11. The maximum Gasteiger partial charge on any atom is 0.405 e. The van der Waals surface area contributed by atoms with Gasteiger partial charge >= 0.3 is 13.7 Å². The normalized spacial score (nSPS) is 22.3. The molecule has 270 valence electrons. The van der Waals surface area contributed by atoms with Gasteiger partial charge in [-0.3, -0.25) is 33.0 Å². The van der Waals surface area contributed by atoms with Gasteiger partial charge < -0.3 is 25.4 Å². The molecule has 49 heavy (non-hydrogen) atoms. The van der Waals surface area contributed by atoms with Gasteiger partial charge in [0.15, 0.2) is 22.5 Å². The monoisotopic (exact) mass is 724 g/mol. The third-order valence-corrected chi connectivity index (χ3v) is 10.7. The Morgan fingerprint density at radius 3 is 2.69 bits per heavy atom. The van der Waals surface area contributed by atoms with Crippen LogP contribution in [0.4, 0.5) is 5.95 Å². The number of aromatic amines is 1. The van der Waals surface area contributed by atoms with E-state index in [1.807, 2.05) is 37.3 Å². The van der Waals surface area contributed by atoms with Gasteiger partial charge in [0.2, 0.25) is 5.95 Å². The van der Waals surface area contributed by atoms with E-state index >= 15 is 0 Å². The molecule has 2 aromatic heterocycles. The number of carbonyl (C=O) groups is 2. The highest BCUT2D eigenvalue weighted by Gasteiger charge is 2.54. The molecule has 1 aliphatic rings. The Kier molecular flexibility index (Phi) is 13.2. The number of aromatic nitrogens is 4. The van der Waals surface area contributed by atoms with Crippen molar-refractivity contribution in [1.29, 1.82) is 0 Å². The third-order valence-electron chi connectivity index (χ3n) is 7.97. The van der Waals surface area contributed by atoms with Gasteiger partial charge in [0.05, 0.1) is 25.0 Å². The predicted molar refractivity (Wildman–Crippen MR) is 182 cm³/mol. The van der Waals surface area contributed by atoms with Crippen molar-refractivity contribution >= 4 is 47.7 Å². The van der Waals surface area contributed by atoms with Gasteiger partial charge in [0.25, 0.3) is 5.56 Å². The van der Waals surface area contributed by atoms with Gasteiger partial charge in [-0.1, -0.05) is 61.9 Å². The summed E-state index contributed by atoms with van der Waals surface area (Å²) < 4.78 is 37.9. The molecule has 18 heteroatoms. The number of unbranched alkanes of at least 4 members (excludes halogenated alkanes) is 2. The van der Waals surface area contributed by atoms with Crippen molar-refractivity contribution in [2.75, 3.05) is 31.3 Å². The number of H-pyrrole nitrogens is 1. The van der Waals surface area contributed by atoms with Crippen LogP contribution >= 0.6 is 19.5 Å². The number of hydrogen-bond acceptors (Lipinski definition) is 14. The number of rotatable bonds is 18. The van der Waals surface area contributed by atoms with Gasteiger partial charge in [-0.25, -0.2) is 14.6 Å². The Morgan fingerprint density at radius 2 is 1.98 bits per heavy atom. The molecule has 0 amide bonds. The molecule has 0 bridgehead atoms. The highest BCUT2D eigenvalue weighted by Crippen LogP contribution is 2.47. The molecule has 1 saturated heterocycles. The number of benzene rings is 1. The maximum absolute atomic E-state index is 13.9. The Hall–Kier alpha value is -3.15. The first-order valence-electron chi connectivity index (χ1n) is 16.0. The Morgan fingerprint density at radius 1 is 1.24 bits per heavy atom. The summed E-state index contributed by atoms with van der Waals surface area (Å²) in [7, 11) is -4.10. The standard InChI is InChI=1S/C31H45N6O10PS/c1-5-6-8-13-22(38)44-18-30(2,3)28(41)49-15-14-45-48(43,34-16-20-11-9-7-10-12-20)46-17-21-31(4,42)24(39)27(47-21)37-19-33-23-25(37)35-29(32)36-26(23)40/h7,9-12,19,21,24,27,39,42H,5-6,8,13-18H2,1-4H3,(H,34,43)(H3,32,35,36,40)/t21?,24-,27?,31-,48?/m0/s1. The second-order valence-corrected chi connectivity index (χ2v) is 15.4. The van der Waals surface area contributed by atoms with Crippen LogP contribution < -0.4 is 16.4 Å². The molecule has 3 aromatic rings. The highest BCUT2D eigenvalue weighted by molar-refractivity contribution is 8.13. The zero-order valence-electron chi connectivity index (χ0n) is 28.0. The molecule has 0 aliphatic carbocycles. The number of thioether (sulfide) groups is 1.